The molecule has 98 valence electrons. The fourth-order valence-electron chi connectivity index (χ4n) is 2.25. The van der Waals surface area contributed by atoms with Gasteiger partial charge >= 0.3 is 0 Å². The molecule has 6 heteroatoms. The number of aromatic nitrogens is 1. The molecule has 1 aromatic rings. The monoisotopic (exact) mass is 251 g/mol. The lowest BCUT2D eigenvalue weighted by Gasteiger charge is -2.29. The number of aromatic hydroxyl groups is 1. The summed E-state index contributed by atoms with van der Waals surface area (Å²) in [4.78, 5) is 25.3. The Morgan fingerprint density at radius 3 is 2.78 bits per heavy atom. The van der Waals surface area contributed by atoms with Crippen molar-refractivity contribution in [3.63, 3.8) is 0 Å². The fraction of sp³-hybridized carbons (Fsp3) is 0.500. The number of nitrogens with one attached hydrogen (secondary N) is 2. The Morgan fingerprint density at radius 2 is 2.11 bits per heavy atom. The molecule has 1 heterocycles. The molecule has 5 N–H and O–H groups in total. The zero-order valence-corrected chi connectivity index (χ0v) is 9.98. The molecule has 1 amide bonds. The van der Waals surface area contributed by atoms with E-state index >= 15 is 0 Å². The summed E-state index contributed by atoms with van der Waals surface area (Å²) in [6.07, 6.45) is 3.87. The molecule has 1 fully saturated rings. The van der Waals surface area contributed by atoms with E-state index in [4.69, 9.17) is 5.73 Å². The first-order chi connectivity index (χ1) is 8.56. The SMILES string of the molecule is NC1CCCCC1NC(=O)c1cc(O)[nH]c(=O)c1. The van der Waals surface area contributed by atoms with E-state index in [1.165, 1.54) is 6.07 Å². The zero-order valence-electron chi connectivity index (χ0n) is 9.98. The highest BCUT2D eigenvalue weighted by Gasteiger charge is 2.23. The van der Waals surface area contributed by atoms with Gasteiger partial charge in [0, 0.05) is 24.2 Å². The molecule has 0 spiro atoms. The molecule has 0 radical (unpaired) electrons. The predicted octanol–water partition coefficient (Wildman–Crippen LogP) is 0.0802. The van der Waals surface area contributed by atoms with E-state index in [1.807, 2.05) is 0 Å². The van der Waals surface area contributed by atoms with Gasteiger partial charge in [-0.15, -0.1) is 0 Å². The minimum atomic E-state index is -0.506. The van der Waals surface area contributed by atoms with Crippen LogP contribution in [0.4, 0.5) is 0 Å². The summed E-state index contributed by atoms with van der Waals surface area (Å²) in [7, 11) is 0. The molecule has 6 nitrogen and oxygen atoms in total. The normalized spacial score (nSPS) is 23.6. The zero-order chi connectivity index (χ0) is 13.1. The highest BCUT2D eigenvalue weighted by atomic mass is 16.3. The van der Waals surface area contributed by atoms with Gasteiger partial charge in [-0.25, -0.2) is 0 Å². The van der Waals surface area contributed by atoms with Gasteiger partial charge in [0.1, 0.15) is 0 Å². The van der Waals surface area contributed by atoms with Crippen LogP contribution in [0.5, 0.6) is 5.88 Å². The summed E-state index contributed by atoms with van der Waals surface area (Å²) in [5, 5.41) is 12.1. The number of hydrogen-bond acceptors (Lipinski definition) is 4. The van der Waals surface area contributed by atoms with Crippen LogP contribution in [0.3, 0.4) is 0 Å². The Kier molecular flexibility index (Phi) is 3.66. The lowest BCUT2D eigenvalue weighted by Crippen LogP contribution is -2.49. The Hall–Kier alpha value is -1.82. The van der Waals surface area contributed by atoms with Gasteiger partial charge in [0.05, 0.1) is 5.56 Å². The van der Waals surface area contributed by atoms with Crippen LogP contribution < -0.4 is 16.6 Å². The second-order valence-corrected chi connectivity index (χ2v) is 4.65. The summed E-state index contributed by atoms with van der Waals surface area (Å²) in [6.45, 7) is 0. The molecular weight excluding hydrogens is 234 g/mol. The third-order valence-electron chi connectivity index (χ3n) is 3.23. The summed E-state index contributed by atoms with van der Waals surface area (Å²) < 4.78 is 0. The van der Waals surface area contributed by atoms with E-state index in [-0.39, 0.29) is 29.4 Å². The molecular formula is C12H17N3O3. The van der Waals surface area contributed by atoms with Crippen molar-refractivity contribution in [1.82, 2.24) is 10.3 Å². The molecule has 18 heavy (non-hydrogen) atoms. The average Bonchev–Trinajstić information content (AvgIpc) is 2.31. The molecule has 2 rings (SSSR count). The molecule has 0 bridgehead atoms. The molecule has 0 saturated heterocycles. The summed E-state index contributed by atoms with van der Waals surface area (Å²) >= 11 is 0. The van der Waals surface area contributed by atoms with Gasteiger partial charge < -0.3 is 16.2 Å². The quantitative estimate of drug-likeness (QED) is 0.597. The lowest BCUT2D eigenvalue weighted by atomic mass is 9.91. The van der Waals surface area contributed by atoms with Crippen LogP contribution in [0, 0.1) is 0 Å². The molecule has 1 aromatic heterocycles. The Morgan fingerprint density at radius 1 is 1.39 bits per heavy atom. The van der Waals surface area contributed by atoms with Gasteiger partial charge in [0.2, 0.25) is 0 Å². The molecule has 1 saturated carbocycles. The van der Waals surface area contributed by atoms with Crippen molar-refractivity contribution in [1.29, 1.82) is 0 Å². The van der Waals surface area contributed by atoms with Crippen molar-refractivity contribution in [2.24, 2.45) is 5.73 Å². The number of amides is 1. The molecule has 0 aliphatic heterocycles. The Balaban J connectivity index is 2.09. The van der Waals surface area contributed by atoms with E-state index in [2.05, 4.69) is 10.3 Å². The standard InChI is InChI=1S/C12H17N3O3/c13-8-3-1-2-4-9(8)14-12(18)7-5-10(16)15-11(17)6-7/h5-6,8-9H,1-4,13H2,(H,14,18)(H2,15,16,17). The first kappa shape index (κ1) is 12.6. The van der Waals surface area contributed by atoms with Crippen LogP contribution in [0.15, 0.2) is 16.9 Å². The van der Waals surface area contributed by atoms with Crippen molar-refractivity contribution in [3.05, 3.63) is 28.0 Å². The van der Waals surface area contributed by atoms with E-state index in [0.29, 0.717) is 0 Å². The molecule has 2 unspecified atom stereocenters. The second kappa shape index (κ2) is 5.22. The van der Waals surface area contributed by atoms with Gasteiger partial charge in [0.15, 0.2) is 5.88 Å². The van der Waals surface area contributed by atoms with Gasteiger partial charge in [-0.3, -0.25) is 14.6 Å². The summed E-state index contributed by atoms with van der Waals surface area (Å²) in [6, 6.07) is 2.28. The number of rotatable bonds is 2. The Bertz CT molecular complexity index is 498. The van der Waals surface area contributed by atoms with Crippen molar-refractivity contribution in [2.45, 2.75) is 37.8 Å². The maximum absolute atomic E-state index is 11.9. The molecule has 0 aromatic carbocycles. The van der Waals surface area contributed by atoms with E-state index < -0.39 is 5.56 Å². The largest absolute Gasteiger partial charge is 0.494 e. The first-order valence-corrected chi connectivity index (χ1v) is 6.06. The van der Waals surface area contributed by atoms with E-state index in [1.54, 1.807) is 0 Å². The van der Waals surface area contributed by atoms with Crippen LogP contribution in [0.2, 0.25) is 0 Å². The van der Waals surface area contributed by atoms with Crippen LogP contribution in [-0.2, 0) is 0 Å². The number of H-pyrrole nitrogens is 1. The highest BCUT2D eigenvalue weighted by molar-refractivity contribution is 5.94. The number of hydrogen-bond donors (Lipinski definition) is 4. The second-order valence-electron chi connectivity index (χ2n) is 4.65. The summed E-state index contributed by atoms with van der Waals surface area (Å²) in [5.41, 5.74) is 5.57. The highest BCUT2D eigenvalue weighted by Crippen LogP contribution is 2.17. The van der Waals surface area contributed by atoms with Crippen molar-refractivity contribution in [3.8, 4) is 5.88 Å². The average molecular weight is 251 g/mol. The molecule has 1 aliphatic carbocycles. The number of nitrogens with two attached hydrogens (primary N) is 1. The maximum Gasteiger partial charge on any atom is 0.251 e. The first-order valence-electron chi connectivity index (χ1n) is 6.06. The third kappa shape index (κ3) is 2.89. The smallest absolute Gasteiger partial charge is 0.251 e. The number of carbonyl (C=O) groups excluding carboxylic acids is 1. The lowest BCUT2D eigenvalue weighted by molar-refractivity contribution is 0.0920. The number of aromatic amines is 1. The minimum Gasteiger partial charge on any atom is -0.494 e. The number of pyridine rings is 1. The number of carbonyl (C=O) groups is 1. The minimum absolute atomic E-state index is 0.0432. The third-order valence-corrected chi connectivity index (χ3v) is 3.23. The molecule has 2 atom stereocenters. The summed E-state index contributed by atoms with van der Waals surface area (Å²) in [5.74, 6) is -0.695. The fourth-order valence-corrected chi connectivity index (χ4v) is 2.25. The van der Waals surface area contributed by atoms with Gasteiger partial charge in [0.25, 0.3) is 11.5 Å². The van der Waals surface area contributed by atoms with Gasteiger partial charge in [-0.1, -0.05) is 12.8 Å². The van der Waals surface area contributed by atoms with Gasteiger partial charge in [-0.2, -0.15) is 0 Å². The molecule has 1 aliphatic rings. The maximum atomic E-state index is 11.9. The van der Waals surface area contributed by atoms with E-state index in [9.17, 15) is 14.7 Å². The van der Waals surface area contributed by atoms with E-state index in [0.717, 1.165) is 31.7 Å². The topological polar surface area (TPSA) is 108 Å². The van der Waals surface area contributed by atoms with Crippen LogP contribution in [0.1, 0.15) is 36.0 Å². The van der Waals surface area contributed by atoms with Gasteiger partial charge in [-0.05, 0) is 12.8 Å². The Labute approximate surface area is 104 Å². The van der Waals surface area contributed by atoms with Crippen molar-refractivity contribution >= 4 is 5.91 Å². The predicted molar refractivity (Wildman–Crippen MR) is 66.4 cm³/mol. The van der Waals surface area contributed by atoms with Crippen molar-refractivity contribution < 1.29 is 9.90 Å². The van der Waals surface area contributed by atoms with Crippen LogP contribution in [-0.4, -0.2) is 28.1 Å². The van der Waals surface area contributed by atoms with Crippen molar-refractivity contribution in [2.75, 3.05) is 0 Å². The van der Waals surface area contributed by atoms with Crippen LogP contribution >= 0.6 is 0 Å². The van der Waals surface area contributed by atoms with Crippen LogP contribution in [0.25, 0.3) is 0 Å².